The third-order valence-corrected chi connectivity index (χ3v) is 4.87. The quantitative estimate of drug-likeness (QED) is 0.852. The molecule has 1 N–H and O–H groups in total. The average Bonchev–Trinajstić information content (AvgIpc) is 2.77. The molecule has 2 nitrogen and oxygen atoms in total. The van der Waals surface area contributed by atoms with Gasteiger partial charge in [0.15, 0.2) is 0 Å². The number of alkyl halides is 2. The largest absolute Gasteiger partial charge is 0.381 e. The van der Waals surface area contributed by atoms with Crippen LogP contribution in [0.25, 0.3) is 0 Å². The highest BCUT2D eigenvalue weighted by atomic mass is 32.2. The van der Waals surface area contributed by atoms with Gasteiger partial charge in [0.05, 0.1) is 0 Å². The van der Waals surface area contributed by atoms with Gasteiger partial charge in [-0.3, -0.25) is 0 Å². The summed E-state index contributed by atoms with van der Waals surface area (Å²) in [5.41, 5.74) is 0.859. The molecule has 0 amide bonds. The Morgan fingerprint density at radius 3 is 2.84 bits per heavy atom. The summed E-state index contributed by atoms with van der Waals surface area (Å²) >= 11 is 0.627. The molecule has 2 aliphatic rings. The van der Waals surface area contributed by atoms with Gasteiger partial charge in [0.2, 0.25) is 0 Å². The zero-order valence-corrected chi connectivity index (χ0v) is 11.5. The van der Waals surface area contributed by atoms with E-state index in [1.54, 1.807) is 6.07 Å². The Balaban J connectivity index is 1.72. The van der Waals surface area contributed by atoms with Crippen molar-refractivity contribution in [3.63, 3.8) is 0 Å². The van der Waals surface area contributed by atoms with Crippen LogP contribution < -0.4 is 5.32 Å². The second kappa shape index (κ2) is 5.67. The fraction of sp³-hybridized carbons (Fsp3) is 0.571. The lowest BCUT2D eigenvalue weighted by molar-refractivity contribution is 0.251. The van der Waals surface area contributed by atoms with E-state index in [1.807, 2.05) is 18.2 Å². The van der Waals surface area contributed by atoms with Gasteiger partial charge in [0.1, 0.15) is 0 Å². The van der Waals surface area contributed by atoms with Gasteiger partial charge >= 0.3 is 0 Å². The van der Waals surface area contributed by atoms with Crippen LogP contribution in [0.5, 0.6) is 0 Å². The van der Waals surface area contributed by atoms with Crippen LogP contribution >= 0.6 is 11.8 Å². The van der Waals surface area contributed by atoms with E-state index < -0.39 is 5.76 Å². The molecule has 1 aromatic rings. The fourth-order valence-electron chi connectivity index (χ4n) is 3.13. The zero-order chi connectivity index (χ0) is 13.2. The lowest BCUT2D eigenvalue weighted by Crippen LogP contribution is -2.39. The monoisotopic (exact) mass is 284 g/mol. The van der Waals surface area contributed by atoms with Crippen molar-refractivity contribution in [1.29, 1.82) is 0 Å². The predicted octanol–water partition coefficient (Wildman–Crippen LogP) is 3.51. The highest BCUT2D eigenvalue weighted by molar-refractivity contribution is 7.99. The number of rotatable bonds is 4. The molecule has 104 valence electrons. The van der Waals surface area contributed by atoms with Gasteiger partial charge < -0.3 is 10.2 Å². The number of piperidine rings is 1. The smallest absolute Gasteiger partial charge is 0.288 e. The molecule has 1 aromatic carbocycles. The number of hydrogen-bond acceptors (Lipinski definition) is 3. The van der Waals surface area contributed by atoms with E-state index in [2.05, 4.69) is 10.2 Å². The molecule has 0 aromatic heterocycles. The van der Waals surface area contributed by atoms with Crippen LogP contribution in [0.15, 0.2) is 29.2 Å². The van der Waals surface area contributed by atoms with Crippen molar-refractivity contribution in [2.75, 3.05) is 25.0 Å². The molecule has 2 bridgehead atoms. The van der Waals surface area contributed by atoms with Crippen LogP contribution in [0.3, 0.4) is 0 Å². The third-order valence-electron chi connectivity index (χ3n) is 4.08. The molecular weight excluding hydrogens is 266 g/mol. The van der Waals surface area contributed by atoms with E-state index in [1.165, 1.54) is 13.0 Å². The lowest BCUT2D eigenvalue weighted by Gasteiger charge is -2.32. The van der Waals surface area contributed by atoms with Gasteiger partial charge in [0.25, 0.3) is 5.76 Å². The molecule has 3 rings (SSSR count). The molecule has 0 aliphatic carbocycles. The van der Waals surface area contributed by atoms with E-state index in [-0.39, 0.29) is 0 Å². The fourth-order valence-corrected chi connectivity index (χ4v) is 3.73. The Labute approximate surface area is 116 Å². The summed E-state index contributed by atoms with van der Waals surface area (Å²) in [6.07, 6.45) is 2.33. The maximum Gasteiger partial charge on any atom is 0.288 e. The summed E-state index contributed by atoms with van der Waals surface area (Å²) < 4.78 is 25.1. The molecule has 2 saturated heterocycles. The van der Waals surface area contributed by atoms with Gasteiger partial charge in [-0.15, -0.1) is 0 Å². The van der Waals surface area contributed by atoms with E-state index in [0.717, 1.165) is 25.2 Å². The molecule has 3 unspecified atom stereocenters. The van der Waals surface area contributed by atoms with Crippen LogP contribution in [0.4, 0.5) is 14.5 Å². The number of nitrogens with one attached hydrogen (secondary N) is 1. The summed E-state index contributed by atoms with van der Waals surface area (Å²) in [6.45, 7) is 3.47. The number of para-hydroxylation sites is 1. The minimum absolute atomic E-state index is 0.429. The number of hydrogen-bond donors (Lipinski definition) is 1. The Hall–Kier alpha value is -0.810. The predicted molar refractivity (Wildman–Crippen MR) is 74.9 cm³/mol. The Morgan fingerprint density at radius 1 is 1.21 bits per heavy atom. The Morgan fingerprint density at radius 2 is 2.00 bits per heavy atom. The van der Waals surface area contributed by atoms with Crippen LogP contribution in [0.1, 0.15) is 12.8 Å². The number of thioether (sulfide) groups is 1. The van der Waals surface area contributed by atoms with E-state index in [9.17, 15) is 8.78 Å². The summed E-state index contributed by atoms with van der Waals surface area (Å²) in [5.74, 6) is -1.70. The van der Waals surface area contributed by atoms with E-state index >= 15 is 0 Å². The van der Waals surface area contributed by atoms with Gasteiger partial charge in [-0.1, -0.05) is 23.9 Å². The van der Waals surface area contributed by atoms with Crippen molar-refractivity contribution in [2.45, 2.75) is 29.5 Å². The Kier molecular flexibility index (Phi) is 3.93. The number of benzene rings is 1. The van der Waals surface area contributed by atoms with Crippen LogP contribution in [0, 0.1) is 5.92 Å². The summed E-state index contributed by atoms with van der Waals surface area (Å²) in [4.78, 5) is 3.14. The number of nitrogens with zero attached hydrogens (tertiary/aromatic N) is 1. The first-order chi connectivity index (χ1) is 9.22. The molecule has 2 heterocycles. The van der Waals surface area contributed by atoms with Crippen LogP contribution in [0.2, 0.25) is 0 Å². The first-order valence-corrected chi connectivity index (χ1v) is 7.63. The van der Waals surface area contributed by atoms with Crippen molar-refractivity contribution < 1.29 is 8.78 Å². The summed E-state index contributed by atoms with van der Waals surface area (Å²) in [5, 5.41) is 3.50. The van der Waals surface area contributed by atoms with Crippen molar-refractivity contribution >= 4 is 17.4 Å². The van der Waals surface area contributed by atoms with Crippen molar-refractivity contribution in [1.82, 2.24) is 4.90 Å². The van der Waals surface area contributed by atoms with Gasteiger partial charge in [0, 0.05) is 29.7 Å². The molecule has 2 aliphatic heterocycles. The topological polar surface area (TPSA) is 15.3 Å². The standard InChI is InChI=1S/C14H18F2N2S/c15-14(16)19-13-4-2-1-3-12(13)17-11-6-8-18-7-5-10(11)9-18/h1-4,10-11,14,17H,5-9H2. The summed E-state index contributed by atoms with van der Waals surface area (Å²) in [7, 11) is 0. The van der Waals surface area contributed by atoms with E-state index in [4.69, 9.17) is 0 Å². The van der Waals surface area contributed by atoms with Crippen molar-refractivity contribution in [3.05, 3.63) is 24.3 Å². The Bertz CT molecular complexity index is 441. The maximum atomic E-state index is 12.6. The first-order valence-electron chi connectivity index (χ1n) is 6.75. The average molecular weight is 284 g/mol. The van der Waals surface area contributed by atoms with Crippen LogP contribution in [-0.4, -0.2) is 36.3 Å². The molecular formula is C14H18F2N2S. The SMILES string of the molecule is FC(F)Sc1ccccc1NC1CCN2CCC1C2. The number of anilines is 1. The lowest BCUT2D eigenvalue weighted by atomic mass is 9.94. The van der Waals surface area contributed by atoms with Gasteiger partial charge in [-0.25, -0.2) is 0 Å². The number of fused-ring (bicyclic) bond motifs is 2. The van der Waals surface area contributed by atoms with E-state index in [0.29, 0.717) is 28.6 Å². The molecule has 19 heavy (non-hydrogen) atoms. The van der Waals surface area contributed by atoms with Gasteiger partial charge in [-0.05, 0) is 37.4 Å². The molecule has 0 saturated carbocycles. The van der Waals surface area contributed by atoms with Crippen molar-refractivity contribution in [2.24, 2.45) is 5.92 Å². The van der Waals surface area contributed by atoms with Gasteiger partial charge in [-0.2, -0.15) is 8.78 Å². The third kappa shape index (κ3) is 3.03. The normalized spacial score (nSPS) is 29.7. The maximum absolute atomic E-state index is 12.6. The molecule has 0 radical (unpaired) electrons. The van der Waals surface area contributed by atoms with Crippen molar-refractivity contribution in [3.8, 4) is 0 Å². The molecule has 5 heteroatoms. The second-order valence-electron chi connectivity index (χ2n) is 5.26. The second-order valence-corrected chi connectivity index (χ2v) is 6.30. The zero-order valence-electron chi connectivity index (χ0n) is 10.7. The highest BCUT2D eigenvalue weighted by Gasteiger charge is 2.34. The molecule has 0 spiro atoms. The highest BCUT2D eigenvalue weighted by Crippen LogP contribution is 2.35. The molecule has 3 atom stereocenters. The minimum Gasteiger partial charge on any atom is -0.381 e. The minimum atomic E-state index is -2.36. The number of halogens is 2. The summed E-state index contributed by atoms with van der Waals surface area (Å²) in [6, 6.07) is 7.82. The van der Waals surface area contributed by atoms with Crippen LogP contribution in [-0.2, 0) is 0 Å². The first kappa shape index (κ1) is 13.2. The molecule has 2 fully saturated rings.